The molecule has 0 bridgehead atoms. The minimum Gasteiger partial charge on any atom is -0.474 e. The van der Waals surface area contributed by atoms with E-state index in [-0.39, 0.29) is 6.10 Å². The van der Waals surface area contributed by atoms with Crippen LogP contribution in [0.4, 0.5) is 0 Å². The van der Waals surface area contributed by atoms with Crippen LogP contribution >= 0.6 is 0 Å². The molecule has 1 aromatic heterocycles. The number of hydrogen-bond acceptors (Lipinski definition) is 5. The van der Waals surface area contributed by atoms with Crippen molar-refractivity contribution in [1.29, 1.82) is 0 Å². The highest BCUT2D eigenvalue weighted by atomic mass is 16.6. The molecule has 0 unspecified atom stereocenters. The first-order valence-electron chi connectivity index (χ1n) is 10.2. The van der Waals surface area contributed by atoms with E-state index in [1.54, 1.807) is 6.21 Å². The Labute approximate surface area is 162 Å². The number of oxime groups is 1. The molecular weight excluding hydrogens is 338 g/mol. The maximum absolute atomic E-state index is 6.17. The van der Waals surface area contributed by atoms with E-state index in [2.05, 4.69) is 35.0 Å². The predicted molar refractivity (Wildman–Crippen MR) is 111 cm³/mol. The molecule has 27 heavy (non-hydrogen) atoms. The number of fused-ring (bicyclic) bond motifs is 1. The smallest absolute Gasteiger partial charge is 0.214 e. The zero-order valence-electron chi connectivity index (χ0n) is 16.6. The molecular formula is C22H31N3O2. The van der Waals surface area contributed by atoms with Gasteiger partial charge in [-0.15, -0.1) is 0 Å². The molecule has 1 heterocycles. The average molecular weight is 370 g/mol. The highest BCUT2D eigenvalue weighted by molar-refractivity contribution is 5.98. The van der Waals surface area contributed by atoms with Crippen molar-refractivity contribution in [1.82, 2.24) is 9.88 Å². The molecule has 0 atom stereocenters. The van der Waals surface area contributed by atoms with Crippen LogP contribution in [0, 0.1) is 0 Å². The minimum atomic E-state index is 0.280. The Balaban J connectivity index is 1.69. The number of hydrogen-bond donors (Lipinski definition) is 0. The van der Waals surface area contributed by atoms with Crippen molar-refractivity contribution in [3.63, 3.8) is 0 Å². The maximum Gasteiger partial charge on any atom is 0.214 e. The van der Waals surface area contributed by atoms with E-state index < -0.39 is 0 Å². The first-order chi connectivity index (χ1) is 13.3. The van der Waals surface area contributed by atoms with Crippen LogP contribution in [0.2, 0.25) is 0 Å². The summed E-state index contributed by atoms with van der Waals surface area (Å²) in [5.74, 6) is 0.685. The van der Waals surface area contributed by atoms with Gasteiger partial charge in [0.15, 0.2) is 0 Å². The molecule has 2 aromatic rings. The van der Waals surface area contributed by atoms with Crippen LogP contribution in [0.5, 0.6) is 5.88 Å². The largest absolute Gasteiger partial charge is 0.474 e. The molecule has 1 aliphatic rings. The Morgan fingerprint density at radius 3 is 2.70 bits per heavy atom. The van der Waals surface area contributed by atoms with Crippen LogP contribution in [-0.4, -0.2) is 48.4 Å². The maximum atomic E-state index is 6.17. The molecule has 0 N–H and O–H groups in total. The van der Waals surface area contributed by atoms with Crippen molar-refractivity contribution < 1.29 is 9.57 Å². The molecule has 0 spiro atoms. The molecule has 5 heteroatoms. The van der Waals surface area contributed by atoms with E-state index in [1.807, 2.05) is 24.3 Å². The van der Waals surface area contributed by atoms with E-state index in [0.29, 0.717) is 12.5 Å². The summed E-state index contributed by atoms with van der Waals surface area (Å²) in [5.41, 5.74) is 1.91. The molecule has 146 valence electrons. The van der Waals surface area contributed by atoms with Gasteiger partial charge < -0.3 is 14.5 Å². The zero-order chi connectivity index (χ0) is 18.9. The number of nitrogens with zero attached hydrogens (tertiary/aromatic N) is 3. The van der Waals surface area contributed by atoms with Gasteiger partial charge >= 0.3 is 0 Å². The summed E-state index contributed by atoms with van der Waals surface area (Å²) in [5, 5.41) is 5.25. The van der Waals surface area contributed by atoms with Crippen LogP contribution in [0.15, 0.2) is 35.5 Å². The lowest BCUT2D eigenvalue weighted by Crippen LogP contribution is -2.26. The standard InChI is InChI=1S/C22H31N3O2/c1-3-25(4-2)14-15-26-23-17-18-16-22(27-19-10-6-5-7-11-19)24-21-13-9-8-12-20(18)21/h8-9,12-13,16-17,19H,3-7,10-11,14-15H2,1-2H3/b23-17+. The number of ether oxygens (including phenoxy) is 1. The third kappa shape index (κ3) is 5.67. The SMILES string of the molecule is CCN(CC)CCO/N=C/c1cc(OC2CCCCC2)nc2ccccc12. The van der Waals surface area contributed by atoms with Crippen molar-refractivity contribution in [3.05, 3.63) is 35.9 Å². The summed E-state index contributed by atoms with van der Waals surface area (Å²) in [6.07, 6.45) is 8.09. The average Bonchev–Trinajstić information content (AvgIpc) is 2.71. The van der Waals surface area contributed by atoms with Gasteiger partial charge in [-0.3, -0.25) is 0 Å². The number of rotatable bonds is 9. The lowest BCUT2D eigenvalue weighted by molar-refractivity contribution is 0.115. The van der Waals surface area contributed by atoms with Crippen LogP contribution in [0.25, 0.3) is 10.9 Å². The van der Waals surface area contributed by atoms with Gasteiger partial charge in [0.2, 0.25) is 5.88 Å². The fourth-order valence-corrected chi connectivity index (χ4v) is 3.55. The fraction of sp³-hybridized carbons (Fsp3) is 0.545. The van der Waals surface area contributed by atoms with Crippen molar-refractivity contribution in [2.45, 2.75) is 52.1 Å². The number of pyridine rings is 1. The Hall–Kier alpha value is -2.14. The third-order valence-electron chi connectivity index (χ3n) is 5.22. The Morgan fingerprint density at radius 1 is 1.15 bits per heavy atom. The second kappa shape index (κ2) is 10.3. The van der Waals surface area contributed by atoms with Crippen LogP contribution in [0.1, 0.15) is 51.5 Å². The van der Waals surface area contributed by atoms with Gasteiger partial charge in [0.1, 0.15) is 12.7 Å². The van der Waals surface area contributed by atoms with E-state index in [9.17, 15) is 0 Å². The van der Waals surface area contributed by atoms with Gasteiger partial charge in [0.05, 0.1) is 11.7 Å². The summed E-state index contributed by atoms with van der Waals surface area (Å²) in [4.78, 5) is 12.5. The van der Waals surface area contributed by atoms with Gasteiger partial charge in [0.25, 0.3) is 0 Å². The van der Waals surface area contributed by atoms with Gasteiger partial charge in [0, 0.05) is 23.6 Å². The predicted octanol–water partition coefficient (Wildman–Crippen LogP) is 4.64. The van der Waals surface area contributed by atoms with E-state index in [1.165, 1.54) is 19.3 Å². The highest BCUT2D eigenvalue weighted by Crippen LogP contribution is 2.25. The van der Waals surface area contributed by atoms with Gasteiger partial charge in [-0.1, -0.05) is 43.6 Å². The number of likely N-dealkylation sites (N-methyl/N-ethyl adjacent to an activating group) is 1. The lowest BCUT2D eigenvalue weighted by Gasteiger charge is -2.22. The summed E-state index contributed by atoms with van der Waals surface area (Å²) >= 11 is 0. The third-order valence-corrected chi connectivity index (χ3v) is 5.22. The van der Waals surface area contributed by atoms with Crippen molar-refractivity contribution in [2.75, 3.05) is 26.2 Å². The van der Waals surface area contributed by atoms with Gasteiger partial charge in [-0.05, 0) is 44.8 Å². The number of para-hydroxylation sites is 1. The van der Waals surface area contributed by atoms with Gasteiger partial charge in [-0.25, -0.2) is 4.98 Å². The summed E-state index contributed by atoms with van der Waals surface area (Å²) < 4.78 is 6.17. The normalized spacial score (nSPS) is 15.7. The zero-order valence-corrected chi connectivity index (χ0v) is 16.6. The fourth-order valence-electron chi connectivity index (χ4n) is 3.55. The number of benzene rings is 1. The summed E-state index contributed by atoms with van der Waals surface area (Å²) in [6, 6.07) is 10.1. The molecule has 0 saturated heterocycles. The Morgan fingerprint density at radius 2 is 1.93 bits per heavy atom. The second-order valence-corrected chi connectivity index (χ2v) is 7.04. The topological polar surface area (TPSA) is 47.0 Å². The van der Waals surface area contributed by atoms with Crippen molar-refractivity contribution in [3.8, 4) is 5.88 Å². The molecule has 5 nitrogen and oxygen atoms in total. The van der Waals surface area contributed by atoms with Crippen LogP contribution < -0.4 is 4.74 Å². The molecule has 0 amide bonds. The van der Waals surface area contributed by atoms with E-state index in [0.717, 1.165) is 48.9 Å². The molecule has 0 radical (unpaired) electrons. The van der Waals surface area contributed by atoms with Crippen molar-refractivity contribution >= 4 is 17.1 Å². The first kappa shape index (κ1) is 19.6. The molecule has 3 rings (SSSR count). The Kier molecular flexibility index (Phi) is 7.45. The van der Waals surface area contributed by atoms with E-state index in [4.69, 9.17) is 9.57 Å². The quantitative estimate of drug-likeness (QED) is 0.367. The van der Waals surface area contributed by atoms with Gasteiger partial charge in [-0.2, -0.15) is 0 Å². The first-order valence-corrected chi connectivity index (χ1v) is 10.2. The molecule has 0 aliphatic heterocycles. The monoisotopic (exact) mass is 369 g/mol. The molecule has 1 saturated carbocycles. The lowest BCUT2D eigenvalue weighted by atomic mass is 9.98. The van der Waals surface area contributed by atoms with Crippen molar-refractivity contribution in [2.24, 2.45) is 5.16 Å². The highest BCUT2D eigenvalue weighted by Gasteiger charge is 2.16. The van der Waals surface area contributed by atoms with Crippen LogP contribution in [-0.2, 0) is 4.84 Å². The summed E-state index contributed by atoms with van der Waals surface area (Å²) in [7, 11) is 0. The summed E-state index contributed by atoms with van der Waals surface area (Å²) in [6.45, 7) is 7.85. The Bertz CT molecular complexity index is 737. The second-order valence-electron chi connectivity index (χ2n) is 7.04. The molecule has 1 fully saturated rings. The molecule has 1 aliphatic carbocycles. The van der Waals surface area contributed by atoms with E-state index >= 15 is 0 Å². The van der Waals surface area contributed by atoms with Crippen LogP contribution in [0.3, 0.4) is 0 Å². The molecule has 1 aromatic carbocycles. The minimum absolute atomic E-state index is 0.280. The number of aromatic nitrogens is 1.